The highest BCUT2D eigenvalue weighted by Gasteiger charge is 2.55. The van der Waals surface area contributed by atoms with E-state index < -0.39 is 54.9 Å². The highest BCUT2D eigenvalue weighted by Crippen LogP contribution is 2.33. The zero-order valence-electron chi connectivity index (χ0n) is 26.6. The molecule has 0 spiro atoms. The Hall–Kier alpha value is -0.886. The van der Waals surface area contributed by atoms with Gasteiger partial charge in [0.05, 0.1) is 0 Å². The summed E-state index contributed by atoms with van der Waals surface area (Å²) in [5.74, 6) is 0. The fraction of sp³-hybridized carbons (Fsp3) is 0.586. The fourth-order valence-electron chi connectivity index (χ4n) is 5.28. The molecule has 1 atom stereocenters. The highest BCUT2D eigenvalue weighted by molar-refractivity contribution is 7.02. The third-order valence-corrected chi connectivity index (χ3v) is 25.9. The van der Waals surface area contributed by atoms with Crippen LogP contribution >= 0.6 is 0 Å². The number of alkyl halides is 3. The van der Waals surface area contributed by atoms with Crippen LogP contribution < -0.4 is 10.4 Å². The maximum atomic E-state index is 13.6. The van der Waals surface area contributed by atoms with Crippen LogP contribution in [0.2, 0.25) is 64.5 Å². The molecule has 1 unspecified atom stereocenters. The van der Waals surface area contributed by atoms with Gasteiger partial charge in [-0.05, 0) is 81.3 Å². The van der Waals surface area contributed by atoms with Crippen LogP contribution in [0.1, 0.15) is 32.1 Å². The molecule has 0 fully saturated rings. The Bertz CT molecular complexity index is 1030. The lowest BCUT2D eigenvalue weighted by Gasteiger charge is -2.46. The summed E-state index contributed by atoms with van der Waals surface area (Å²) in [6.07, 6.45) is -1.44. The number of aliphatic hydroxyl groups is 1. The first-order valence-corrected chi connectivity index (χ1v) is 28.6. The molecule has 0 aliphatic rings. The number of benzene rings is 2. The van der Waals surface area contributed by atoms with Crippen LogP contribution in [-0.4, -0.2) is 60.2 Å². The molecule has 0 amide bonds. The first kappa shape index (κ1) is 37.3. The lowest BCUT2D eigenvalue weighted by molar-refractivity contribution is -0.131. The van der Waals surface area contributed by atoms with Crippen LogP contribution in [0.4, 0.5) is 13.2 Å². The Morgan fingerprint density at radius 2 is 1.12 bits per heavy atom. The van der Waals surface area contributed by atoms with E-state index in [0.717, 1.165) is 42.1 Å². The van der Waals surface area contributed by atoms with Gasteiger partial charge in [-0.3, -0.25) is 0 Å². The molecule has 238 valence electrons. The molecule has 0 radical (unpaired) electrons. The molecule has 0 saturated carbocycles. The third kappa shape index (κ3) is 13.0. The standard InChI is InChI=1S/C29H51F3O5Si5/c1-38(2,3)34-41(8,26-23-29(30,31)32)37-42(27-19-13-11-14-20-27,28-21-15-12-16-22-28)36-40(6,7)35-39(4,5)25-18-10-9-17-24-33/h11-16,19-22,33H,9-10,17-18,23-26H2,1-8H3. The minimum Gasteiger partial charge on any atom is -0.437 e. The second kappa shape index (κ2) is 15.4. The van der Waals surface area contributed by atoms with E-state index in [1.165, 1.54) is 0 Å². The molecule has 2 rings (SSSR count). The lowest BCUT2D eigenvalue weighted by Crippen LogP contribution is -2.72. The SMILES string of the molecule is C[Si](C)(C)O[Si](C)(CCC(F)(F)F)O[Si](O[Si](C)(C)O[Si](C)(C)CCCCCCO)(c1ccccc1)c1ccccc1. The molecular formula is C29H51F3O5Si5. The molecule has 5 nitrogen and oxygen atoms in total. The molecule has 0 aliphatic heterocycles. The number of aliphatic hydroxyl groups excluding tert-OH is 1. The number of unbranched alkanes of at least 4 members (excludes halogenated alkanes) is 3. The summed E-state index contributed by atoms with van der Waals surface area (Å²) in [6.45, 7) is 16.4. The van der Waals surface area contributed by atoms with Crippen molar-refractivity contribution in [3.8, 4) is 0 Å². The van der Waals surface area contributed by atoms with Crippen molar-refractivity contribution in [2.75, 3.05) is 6.61 Å². The Labute approximate surface area is 256 Å². The molecule has 0 bridgehead atoms. The predicted molar refractivity (Wildman–Crippen MR) is 178 cm³/mol. The van der Waals surface area contributed by atoms with E-state index in [-0.39, 0.29) is 12.7 Å². The molecule has 0 aliphatic carbocycles. The molecular weight excluding hydrogens is 626 g/mol. The monoisotopic (exact) mass is 676 g/mol. The summed E-state index contributed by atoms with van der Waals surface area (Å²) in [7, 11) is -14.5. The second-order valence-electron chi connectivity index (χ2n) is 13.2. The Morgan fingerprint density at radius 1 is 0.619 bits per heavy atom. The van der Waals surface area contributed by atoms with Gasteiger partial charge in [-0.1, -0.05) is 79.9 Å². The van der Waals surface area contributed by atoms with Crippen molar-refractivity contribution in [2.45, 2.75) is 103 Å². The van der Waals surface area contributed by atoms with E-state index in [1.807, 2.05) is 93.4 Å². The number of hydrogen-bond donors (Lipinski definition) is 1. The molecule has 13 heteroatoms. The van der Waals surface area contributed by atoms with Gasteiger partial charge in [0.25, 0.3) is 0 Å². The van der Waals surface area contributed by atoms with Crippen molar-refractivity contribution in [3.05, 3.63) is 60.7 Å². The van der Waals surface area contributed by atoms with Gasteiger partial charge in [0, 0.05) is 13.0 Å². The van der Waals surface area contributed by atoms with Crippen molar-refractivity contribution in [1.29, 1.82) is 0 Å². The smallest absolute Gasteiger partial charge is 0.389 e. The van der Waals surface area contributed by atoms with Crippen molar-refractivity contribution in [3.63, 3.8) is 0 Å². The van der Waals surface area contributed by atoms with Crippen LogP contribution in [0.25, 0.3) is 0 Å². The Balaban J connectivity index is 2.60. The first-order valence-electron chi connectivity index (χ1n) is 14.9. The summed E-state index contributed by atoms with van der Waals surface area (Å²) < 4.78 is 68.7. The number of halogens is 3. The summed E-state index contributed by atoms with van der Waals surface area (Å²) in [5, 5.41) is 10.8. The highest BCUT2D eigenvalue weighted by atomic mass is 28.5. The average molecular weight is 677 g/mol. The zero-order chi connectivity index (χ0) is 31.7. The molecule has 0 aromatic heterocycles. The average Bonchev–Trinajstić information content (AvgIpc) is 2.86. The van der Waals surface area contributed by atoms with Crippen molar-refractivity contribution < 1.29 is 34.7 Å². The number of hydrogen-bond acceptors (Lipinski definition) is 5. The second-order valence-corrected chi connectivity index (χ2v) is 32.6. The first-order chi connectivity index (χ1) is 19.3. The topological polar surface area (TPSA) is 57.2 Å². The molecule has 2 aromatic carbocycles. The van der Waals surface area contributed by atoms with Gasteiger partial charge in [0.15, 0.2) is 16.6 Å². The molecule has 2 aromatic rings. The van der Waals surface area contributed by atoms with E-state index >= 15 is 0 Å². The summed E-state index contributed by atoms with van der Waals surface area (Å²) >= 11 is 0. The van der Waals surface area contributed by atoms with E-state index in [9.17, 15) is 13.2 Å². The van der Waals surface area contributed by atoms with E-state index in [1.54, 1.807) is 6.55 Å². The van der Waals surface area contributed by atoms with Crippen LogP contribution in [0.3, 0.4) is 0 Å². The van der Waals surface area contributed by atoms with Gasteiger partial charge in [-0.25, -0.2) is 0 Å². The van der Waals surface area contributed by atoms with Gasteiger partial charge in [0.2, 0.25) is 0 Å². The summed E-state index contributed by atoms with van der Waals surface area (Å²) in [4.78, 5) is 0. The maximum absolute atomic E-state index is 13.6. The van der Waals surface area contributed by atoms with Gasteiger partial charge < -0.3 is 21.6 Å². The van der Waals surface area contributed by atoms with Gasteiger partial charge in [-0.2, -0.15) is 13.2 Å². The fourth-order valence-corrected chi connectivity index (χ4v) is 29.2. The van der Waals surface area contributed by atoms with Gasteiger partial charge in [-0.15, -0.1) is 0 Å². The molecule has 42 heavy (non-hydrogen) atoms. The van der Waals surface area contributed by atoms with Crippen molar-refractivity contribution in [1.82, 2.24) is 0 Å². The maximum Gasteiger partial charge on any atom is 0.389 e. The zero-order valence-corrected chi connectivity index (χ0v) is 31.6. The van der Waals surface area contributed by atoms with Crippen LogP contribution in [0, 0.1) is 0 Å². The molecule has 0 heterocycles. The van der Waals surface area contributed by atoms with E-state index in [2.05, 4.69) is 13.1 Å². The third-order valence-electron chi connectivity index (χ3n) is 6.65. The minimum atomic E-state index is -4.32. The van der Waals surface area contributed by atoms with E-state index in [4.69, 9.17) is 21.6 Å². The van der Waals surface area contributed by atoms with Crippen LogP contribution in [0.5, 0.6) is 0 Å². The minimum absolute atomic E-state index is 0.212. The van der Waals surface area contributed by atoms with Crippen LogP contribution in [0.15, 0.2) is 60.7 Å². The predicted octanol–water partition coefficient (Wildman–Crippen LogP) is 7.63. The van der Waals surface area contributed by atoms with Crippen molar-refractivity contribution >= 4 is 52.7 Å². The van der Waals surface area contributed by atoms with E-state index in [0.29, 0.717) is 0 Å². The summed E-state index contributed by atoms with van der Waals surface area (Å²) in [6, 6.07) is 20.1. The quantitative estimate of drug-likeness (QED) is 0.130. The van der Waals surface area contributed by atoms with Gasteiger partial charge >= 0.3 is 31.9 Å². The largest absolute Gasteiger partial charge is 0.437 e. The Morgan fingerprint density at radius 3 is 1.57 bits per heavy atom. The Kier molecular flexibility index (Phi) is 13.7. The summed E-state index contributed by atoms with van der Waals surface area (Å²) in [5.41, 5.74) is 0. The molecule has 1 N–H and O–H groups in total. The lowest BCUT2D eigenvalue weighted by atomic mass is 10.2. The van der Waals surface area contributed by atoms with Crippen LogP contribution in [-0.2, 0) is 16.5 Å². The van der Waals surface area contributed by atoms with Crippen molar-refractivity contribution in [2.24, 2.45) is 0 Å². The molecule has 0 saturated heterocycles. The number of rotatable bonds is 18. The normalized spacial score (nSPS) is 15.0. The van der Waals surface area contributed by atoms with Gasteiger partial charge in [0.1, 0.15) is 0 Å².